The Labute approximate surface area is 174 Å². The van der Waals surface area contributed by atoms with Crippen LogP contribution in [0.2, 0.25) is 0 Å². The van der Waals surface area contributed by atoms with E-state index in [1.807, 2.05) is 38.1 Å². The Morgan fingerprint density at radius 1 is 1.30 bits per heavy atom. The summed E-state index contributed by atoms with van der Waals surface area (Å²) in [6, 6.07) is 10.2. The molecule has 0 saturated carbocycles. The summed E-state index contributed by atoms with van der Waals surface area (Å²) >= 11 is 0. The van der Waals surface area contributed by atoms with Crippen LogP contribution in [0.5, 0.6) is 5.75 Å². The number of halogens is 1. The van der Waals surface area contributed by atoms with Gasteiger partial charge in [0.1, 0.15) is 5.69 Å². The molecular weight excluding hydrogens is 387 g/mol. The second-order valence-corrected chi connectivity index (χ2v) is 6.50. The van der Waals surface area contributed by atoms with Crippen molar-refractivity contribution in [3.63, 3.8) is 0 Å². The topological polar surface area (TPSA) is 97.5 Å². The van der Waals surface area contributed by atoms with Gasteiger partial charge >= 0.3 is 0 Å². The summed E-state index contributed by atoms with van der Waals surface area (Å²) in [5, 5.41) is 10.4. The van der Waals surface area contributed by atoms with Crippen LogP contribution >= 0.6 is 0 Å². The predicted octanol–water partition coefficient (Wildman–Crippen LogP) is 3.14. The zero-order valence-corrected chi connectivity index (χ0v) is 17.2. The first kappa shape index (κ1) is 21.2. The summed E-state index contributed by atoms with van der Waals surface area (Å²) in [5.41, 5.74) is 1.42. The van der Waals surface area contributed by atoms with Crippen LogP contribution in [0.1, 0.15) is 31.3 Å². The van der Waals surface area contributed by atoms with E-state index in [0.717, 1.165) is 5.56 Å². The summed E-state index contributed by atoms with van der Waals surface area (Å²) in [4.78, 5) is 13.1. The van der Waals surface area contributed by atoms with Crippen LogP contribution in [0.4, 0.5) is 4.39 Å². The standard InChI is InChI=1S/C21H25FN6O2/c1-4-23-21(26-14(2)15-8-9-18(29-3)16(22)13-15)25-12-10-19-27-20(30-28-19)17-7-5-6-11-24-17/h5-9,11,13-14H,4,10,12H2,1-3H3,(H2,23,25,26). The number of benzene rings is 1. The molecule has 30 heavy (non-hydrogen) atoms. The molecule has 158 valence electrons. The van der Waals surface area contributed by atoms with Gasteiger partial charge in [-0.15, -0.1) is 0 Å². The van der Waals surface area contributed by atoms with E-state index in [-0.39, 0.29) is 11.8 Å². The minimum absolute atomic E-state index is 0.149. The van der Waals surface area contributed by atoms with Gasteiger partial charge in [0.25, 0.3) is 5.89 Å². The highest BCUT2D eigenvalue weighted by Gasteiger charge is 2.12. The lowest BCUT2D eigenvalue weighted by Crippen LogP contribution is -2.39. The van der Waals surface area contributed by atoms with Crippen molar-refractivity contribution in [2.24, 2.45) is 4.99 Å². The highest BCUT2D eigenvalue weighted by Crippen LogP contribution is 2.21. The molecule has 3 aromatic rings. The Morgan fingerprint density at radius 2 is 2.17 bits per heavy atom. The van der Waals surface area contributed by atoms with Gasteiger partial charge < -0.3 is 19.9 Å². The fourth-order valence-corrected chi connectivity index (χ4v) is 2.78. The van der Waals surface area contributed by atoms with Crippen LogP contribution in [0.25, 0.3) is 11.6 Å². The molecule has 1 aromatic carbocycles. The number of hydrogen-bond donors (Lipinski definition) is 2. The lowest BCUT2D eigenvalue weighted by molar-refractivity contribution is 0.386. The maximum absolute atomic E-state index is 14.0. The number of hydrogen-bond acceptors (Lipinski definition) is 6. The Balaban J connectivity index is 1.60. The Kier molecular flexibility index (Phi) is 7.31. The lowest BCUT2D eigenvalue weighted by Gasteiger charge is -2.18. The van der Waals surface area contributed by atoms with Gasteiger partial charge in [0, 0.05) is 25.7 Å². The maximum atomic E-state index is 14.0. The number of aromatic nitrogens is 3. The molecule has 2 aromatic heterocycles. The van der Waals surface area contributed by atoms with Crippen molar-refractivity contribution in [1.29, 1.82) is 0 Å². The van der Waals surface area contributed by atoms with Gasteiger partial charge in [-0.3, -0.25) is 9.98 Å². The number of pyridine rings is 1. The monoisotopic (exact) mass is 412 g/mol. The number of ether oxygens (including phenoxy) is 1. The zero-order chi connectivity index (χ0) is 21.3. The predicted molar refractivity (Wildman–Crippen MR) is 112 cm³/mol. The third-order valence-electron chi connectivity index (χ3n) is 4.33. The third-order valence-corrected chi connectivity index (χ3v) is 4.33. The number of rotatable bonds is 8. The molecule has 0 amide bonds. The summed E-state index contributed by atoms with van der Waals surface area (Å²) in [6.45, 7) is 5.07. The summed E-state index contributed by atoms with van der Waals surface area (Å²) in [6.07, 6.45) is 2.19. The minimum Gasteiger partial charge on any atom is -0.494 e. The first-order valence-electron chi connectivity index (χ1n) is 9.73. The molecule has 8 nitrogen and oxygen atoms in total. The van der Waals surface area contributed by atoms with Gasteiger partial charge in [0.15, 0.2) is 23.4 Å². The highest BCUT2D eigenvalue weighted by molar-refractivity contribution is 5.80. The van der Waals surface area contributed by atoms with E-state index in [1.165, 1.54) is 13.2 Å². The van der Waals surface area contributed by atoms with Crippen LogP contribution in [0.3, 0.4) is 0 Å². The number of nitrogens with zero attached hydrogens (tertiary/aromatic N) is 4. The molecule has 2 heterocycles. The van der Waals surface area contributed by atoms with E-state index < -0.39 is 5.82 Å². The quantitative estimate of drug-likeness (QED) is 0.433. The number of guanidine groups is 1. The van der Waals surface area contributed by atoms with Crippen LogP contribution in [-0.2, 0) is 6.42 Å². The van der Waals surface area contributed by atoms with E-state index in [4.69, 9.17) is 9.26 Å². The van der Waals surface area contributed by atoms with Crippen molar-refractivity contribution < 1.29 is 13.7 Å². The molecule has 2 N–H and O–H groups in total. The molecule has 0 aliphatic carbocycles. The molecule has 1 unspecified atom stereocenters. The number of aliphatic imine (C=N–C) groups is 1. The molecule has 1 atom stereocenters. The Bertz CT molecular complexity index is 977. The van der Waals surface area contributed by atoms with Gasteiger partial charge in [-0.25, -0.2) is 4.39 Å². The van der Waals surface area contributed by atoms with E-state index in [0.29, 0.717) is 42.9 Å². The van der Waals surface area contributed by atoms with E-state index in [1.54, 1.807) is 12.3 Å². The molecular formula is C21H25FN6O2. The fraction of sp³-hybridized carbons (Fsp3) is 0.333. The van der Waals surface area contributed by atoms with Gasteiger partial charge in [-0.05, 0) is 43.7 Å². The fourth-order valence-electron chi connectivity index (χ4n) is 2.78. The summed E-state index contributed by atoms with van der Waals surface area (Å²) in [7, 11) is 1.44. The maximum Gasteiger partial charge on any atom is 0.276 e. The lowest BCUT2D eigenvalue weighted by atomic mass is 10.1. The van der Waals surface area contributed by atoms with Gasteiger partial charge in [-0.1, -0.05) is 17.3 Å². The van der Waals surface area contributed by atoms with Crippen LogP contribution in [0, 0.1) is 5.82 Å². The zero-order valence-electron chi connectivity index (χ0n) is 17.2. The molecule has 0 spiro atoms. The van der Waals surface area contributed by atoms with Gasteiger partial charge in [0.2, 0.25) is 0 Å². The Hall–Kier alpha value is -3.49. The van der Waals surface area contributed by atoms with Crippen molar-refractivity contribution in [3.8, 4) is 17.3 Å². The van der Waals surface area contributed by atoms with Crippen molar-refractivity contribution in [3.05, 3.63) is 59.8 Å². The molecule has 0 bridgehead atoms. The average molecular weight is 412 g/mol. The molecule has 0 saturated heterocycles. The normalized spacial score (nSPS) is 12.5. The second-order valence-electron chi connectivity index (χ2n) is 6.50. The van der Waals surface area contributed by atoms with Crippen molar-refractivity contribution in [1.82, 2.24) is 25.8 Å². The van der Waals surface area contributed by atoms with Gasteiger partial charge in [-0.2, -0.15) is 4.98 Å². The molecule has 9 heteroatoms. The minimum atomic E-state index is -0.397. The highest BCUT2D eigenvalue weighted by atomic mass is 19.1. The molecule has 0 fully saturated rings. The van der Waals surface area contributed by atoms with Crippen molar-refractivity contribution in [2.45, 2.75) is 26.3 Å². The Morgan fingerprint density at radius 3 is 2.87 bits per heavy atom. The van der Waals surface area contributed by atoms with Crippen LogP contribution in [-0.4, -0.2) is 41.3 Å². The summed E-state index contributed by atoms with van der Waals surface area (Å²) < 4.78 is 24.2. The van der Waals surface area contributed by atoms with E-state index in [9.17, 15) is 4.39 Å². The molecule has 3 rings (SSSR count). The number of nitrogens with one attached hydrogen (secondary N) is 2. The van der Waals surface area contributed by atoms with Crippen molar-refractivity contribution >= 4 is 5.96 Å². The largest absolute Gasteiger partial charge is 0.494 e. The third kappa shape index (κ3) is 5.53. The first-order valence-corrected chi connectivity index (χ1v) is 9.73. The van der Waals surface area contributed by atoms with E-state index in [2.05, 4.69) is 30.8 Å². The second kappa shape index (κ2) is 10.3. The van der Waals surface area contributed by atoms with Crippen LogP contribution < -0.4 is 15.4 Å². The molecule has 0 aliphatic heterocycles. The van der Waals surface area contributed by atoms with Crippen LogP contribution in [0.15, 0.2) is 52.1 Å². The first-order chi connectivity index (χ1) is 14.6. The molecule has 0 aliphatic rings. The average Bonchev–Trinajstić information content (AvgIpc) is 3.23. The number of methoxy groups -OCH3 is 1. The smallest absolute Gasteiger partial charge is 0.276 e. The van der Waals surface area contributed by atoms with Gasteiger partial charge in [0.05, 0.1) is 13.2 Å². The molecule has 0 radical (unpaired) electrons. The van der Waals surface area contributed by atoms with Crippen molar-refractivity contribution in [2.75, 3.05) is 20.2 Å². The SMILES string of the molecule is CCNC(=NCCc1noc(-c2ccccn2)n1)NC(C)c1ccc(OC)c(F)c1. The van der Waals surface area contributed by atoms with E-state index >= 15 is 0 Å². The summed E-state index contributed by atoms with van der Waals surface area (Å²) in [5.74, 6) is 1.38.